The summed E-state index contributed by atoms with van der Waals surface area (Å²) < 4.78 is 2.10. The molecule has 1 N–H and O–H groups in total. The van der Waals surface area contributed by atoms with Crippen LogP contribution in [0, 0.1) is 6.92 Å². The standard InChI is InChI=1S/C21H24N4OS2/c1-4-12-25-20(16-9-7-8-15(2)13-16)23-24-21(25)28-14-19(26)22-17-10-5-6-11-18(17)27-3/h5-11,13H,4,12,14H2,1-3H3,(H,22,26). The van der Waals surface area contributed by atoms with Crippen molar-refractivity contribution >= 4 is 35.1 Å². The number of aromatic nitrogens is 3. The van der Waals surface area contributed by atoms with Crippen LogP contribution < -0.4 is 5.32 Å². The third-order valence-electron chi connectivity index (χ3n) is 4.15. The second-order valence-electron chi connectivity index (χ2n) is 6.36. The number of benzene rings is 2. The Morgan fingerprint density at radius 3 is 2.71 bits per heavy atom. The maximum absolute atomic E-state index is 12.4. The van der Waals surface area contributed by atoms with Crippen LogP contribution in [0.2, 0.25) is 0 Å². The topological polar surface area (TPSA) is 59.8 Å². The van der Waals surface area contributed by atoms with Crippen LogP contribution in [0.25, 0.3) is 11.4 Å². The fourth-order valence-corrected chi connectivity index (χ4v) is 4.20. The van der Waals surface area contributed by atoms with Gasteiger partial charge in [0, 0.05) is 17.0 Å². The molecule has 2 aromatic carbocycles. The van der Waals surface area contributed by atoms with Crippen LogP contribution in [0.15, 0.2) is 58.6 Å². The van der Waals surface area contributed by atoms with E-state index in [2.05, 4.69) is 46.1 Å². The van der Waals surface area contributed by atoms with Crippen molar-refractivity contribution in [2.45, 2.75) is 36.9 Å². The van der Waals surface area contributed by atoms with Crippen molar-refractivity contribution < 1.29 is 4.79 Å². The van der Waals surface area contributed by atoms with Crippen molar-refractivity contribution in [3.8, 4) is 11.4 Å². The Balaban J connectivity index is 1.73. The minimum absolute atomic E-state index is 0.0466. The Morgan fingerprint density at radius 2 is 1.96 bits per heavy atom. The van der Waals surface area contributed by atoms with E-state index in [0.717, 1.165) is 40.1 Å². The molecular formula is C21H24N4OS2. The number of rotatable bonds is 8. The van der Waals surface area contributed by atoms with Gasteiger partial charge in [-0.15, -0.1) is 22.0 Å². The van der Waals surface area contributed by atoms with Crippen LogP contribution >= 0.6 is 23.5 Å². The highest BCUT2D eigenvalue weighted by Gasteiger charge is 2.15. The molecule has 0 saturated carbocycles. The van der Waals surface area contributed by atoms with E-state index < -0.39 is 0 Å². The largest absolute Gasteiger partial charge is 0.324 e. The molecule has 0 aliphatic carbocycles. The summed E-state index contributed by atoms with van der Waals surface area (Å²) in [6, 6.07) is 16.1. The number of nitrogens with zero attached hydrogens (tertiary/aromatic N) is 3. The number of carbonyl (C=O) groups is 1. The molecule has 0 unspecified atom stereocenters. The SMILES string of the molecule is CCCn1c(SCC(=O)Nc2ccccc2SC)nnc1-c1cccc(C)c1. The number of amides is 1. The van der Waals surface area contributed by atoms with E-state index in [0.29, 0.717) is 5.75 Å². The van der Waals surface area contributed by atoms with Gasteiger partial charge in [0.1, 0.15) is 0 Å². The van der Waals surface area contributed by atoms with Gasteiger partial charge in [-0.1, -0.05) is 54.6 Å². The molecule has 1 heterocycles. The quantitative estimate of drug-likeness (QED) is 0.521. The molecule has 1 amide bonds. The Labute approximate surface area is 174 Å². The molecule has 7 heteroatoms. The summed E-state index contributed by atoms with van der Waals surface area (Å²) >= 11 is 3.03. The number of hydrogen-bond donors (Lipinski definition) is 1. The van der Waals surface area contributed by atoms with Crippen molar-refractivity contribution in [1.29, 1.82) is 0 Å². The average molecular weight is 413 g/mol. The first-order valence-electron chi connectivity index (χ1n) is 9.18. The van der Waals surface area contributed by atoms with Crippen molar-refractivity contribution in [2.75, 3.05) is 17.3 Å². The van der Waals surface area contributed by atoms with Crippen LogP contribution in [-0.2, 0) is 11.3 Å². The normalized spacial score (nSPS) is 10.8. The van der Waals surface area contributed by atoms with E-state index in [9.17, 15) is 4.79 Å². The lowest BCUT2D eigenvalue weighted by Gasteiger charge is -2.10. The minimum atomic E-state index is -0.0466. The average Bonchev–Trinajstić information content (AvgIpc) is 3.10. The van der Waals surface area contributed by atoms with Crippen LogP contribution in [0.4, 0.5) is 5.69 Å². The fourth-order valence-electron chi connectivity index (χ4n) is 2.88. The fraction of sp³-hybridized carbons (Fsp3) is 0.286. The molecule has 28 heavy (non-hydrogen) atoms. The lowest BCUT2D eigenvalue weighted by Crippen LogP contribution is -2.15. The number of carbonyl (C=O) groups excluding carboxylic acids is 1. The van der Waals surface area contributed by atoms with E-state index in [1.54, 1.807) is 11.8 Å². The van der Waals surface area contributed by atoms with Crippen LogP contribution in [0.3, 0.4) is 0 Å². The van der Waals surface area contributed by atoms with Crippen LogP contribution in [0.5, 0.6) is 0 Å². The summed E-state index contributed by atoms with van der Waals surface area (Å²) in [5.41, 5.74) is 3.08. The Kier molecular flexibility index (Phi) is 7.17. The lowest BCUT2D eigenvalue weighted by atomic mass is 10.1. The van der Waals surface area contributed by atoms with Gasteiger partial charge < -0.3 is 9.88 Å². The lowest BCUT2D eigenvalue weighted by molar-refractivity contribution is -0.113. The summed E-state index contributed by atoms with van der Waals surface area (Å²) in [5.74, 6) is 1.09. The van der Waals surface area contributed by atoms with E-state index in [1.807, 2.05) is 42.7 Å². The molecule has 0 spiro atoms. The Bertz CT molecular complexity index is 955. The van der Waals surface area contributed by atoms with Gasteiger partial charge in [-0.3, -0.25) is 4.79 Å². The molecular weight excluding hydrogens is 388 g/mol. The zero-order valence-corrected chi connectivity index (χ0v) is 17.9. The van der Waals surface area contributed by atoms with Gasteiger partial charge in [-0.25, -0.2) is 0 Å². The van der Waals surface area contributed by atoms with Gasteiger partial charge in [0.2, 0.25) is 5.91 Å². The van der Waals surface area contributed by atoms with Gasteiger partial charge in [-0.05, 0) is 37.8 Å². The van der Waals surface area contributed by atoms with Crippen molar-refractivity contribution in [3.63, 3.8) is 0 Å². The molecule has 0 atom stereocenters. The second kappa shape index (κ2) is 9.80. The third-order valence-corrected chi connectivity index (χ3v) is 5.92. The maximum Gasteiger partial charge on any atom is 0.234 e. The minimum Gasteiger partial charge on any atom is -0.324 e. The molecule has 0 saturated heterocycles. The number of hydrogen-bond acceptors (Lipinski definition) is 5. The summed E-state index contributed by atoms with van der Waals surface area (Å²) in [7, 11) is 0. The van der Waals surface area contributed by atoms with Crippen molar-refractivity contribution in [3.05, 3.63) is 54.1 Å². The molecule has 3 rings (SSSR count). The Hall–Kier alpha value is -2.25. The number of para-hydroxylation sites is 1. The zero-order chi connectivity index (χ0) is 19.9. The number of nitrogens with one attached hydrogen (secondary N) is 1. The third kappa shape index (κ3) is 4.97. The predicted molar refractivity (Wildman–Crippen MR) is 118 cm³/mol. The molecule has 5 nitrogen and oxygen atoms in total. The summed E-state index contributed by atoms with van der Waals surface area (Å²) in [4.78, 5) is 13.5. The van der Waals surface area contributed by atoms with Crippen LogP contribution in [-0.4, -0.2) is 32.7 Å². The van der Waals surface area contributed by atoms with Gasteiger partial charge >= 0.3 is 0 Å². The van der Waals surface area contributed by atoms with E-state index in [-0.39, 0.29) is 5.91 Å². The molecule has 0 radical (unpaired) electrons. The first kappa shape index (κ1) is 20.5. The van der Waals surface area contributed by atoms with E-state index in [4.69, 9.17) is 0 Å². The summed E-state index contributed by atoms with van der Waals surface area (Å²) in [6.07, 6.45) is 2.97. The zero-order valence-electron chi connectivity index (χ0n) is 16.3. The highest BCUT2D eigenvalue weighted by Crippen LogP contribution is 2.27. The van der Waals surface area contributed by atoms with Crippen molar-refractivity contribution in [2.24, 2.45) is 0 Å². The summed E-state index contributed by atoms with van der Waals surface area (Å²) in [5, 5.41) is 12.5. The molecule has 3 aromatic rings. The highest BCUT2D eigenvalue weighted by atomic mass is 32.2. The molecule has 146 valence electrons. The number of thioether (sulfide) groups is 2. The molecule has 0 aliphatic rings. The second-order valence-corrected chi connectivity index (χ2v) is 8.16. The van der Waals surface area contributed by atoms with Gasteiger partial charge in [0.25, 0.3) is 0 Å². The first-order valence-corrected chi connectivity index (χ1v) is 11.4. The van der Waals surface area contributed by atoms with Gasteiger partial charge in [0.15, 0.2) is 11.0 Å². The highest BCUT2D eigenvalue weighted by molar-refractivity contribution is 7.99. The number of anilines is 1. The van der Waals surface area contributed by atoms with Crippen molar-refractivity contribution in [1.82, 2.24) is 14.8 Å². The van der Waals surface area contributed by atoms with E-state index in [1.165, 1.54) is 17.3 Å². The maximum atomic E-state index is 12.4. The Morgan fingerprint density at radius 1 is 1.14 bits per heavy atom. The predicted octanol–water partition coefficient (Wildman–Crippen LogP) is 5.12. The molecule has 0 bridgehead atoms. The smallest absolute Gasteiger partial charge is 0.234 e. The van der Waals surface area contributed by atoms with Crippen LogP contribution in [0.1, 0.15) is 18.9 Å². The summed E-state index contributed by atoms with van der Waals surface area (Å²) in [6.45, 7) is 5.01. The molecule has 0 aliphatic heterocycles. The molecule has 0 fully saturated rings. The van der Waals surface area contributed by atoms with E-state index >= 15 is 0 Å². The van der Waals surface area contributed by atoms with Gasteiger partial charge in [-0.2, -0.15) is 0 Å². The first-order chi connectivity index (χ1) is 13.6. The monoisotopic (exact) mass is 412 g/mol. The van der Waals surface area contributed by atoms with Gasteiger partial charge in [0.05, 0.1) is 11.4 Å². The number of aryl methyl sites for hydroxylation is 1. The molecule has 1 aromatic heterocycles.